The van der Waals surface area contributed by atoms with Crippen LogP contribution in [0.1, 0.15) is 65.7 Å². The number of piperidine rings is 1. The minimum atomic E-state index is 0.872. The fraction of sp³-hybridized carbons (Fsp3) is 1.00. The van der Waals surface area contributed by atoms with Crippen molar-refractivity contribution in [2.75, 3.05) is 26.2 Å². The van der Waals surface area contributed by atoms with E-state index in [2.05, 4.69) is 31.0 Å². The lowest BCUT2D eigenvalue weighted by Crippen LogP contribution is -2.44. The molecule has 3 unspecified atom stereocenters. The Morgan fingerprint density at radius 1 is 1.10 bits per heavy atom. The maximum atomic E-state index is 3.58. The van der Waals surface area contributed by atoms with Crippen LogP contribution in [0.3, 0.4) is 0 Å². The summed E-state index contributed by atoms with van der Waals surface area (Å²) in [5.74, 6) is 2.76. The van der Waals surface area contributed by atoms with E-state index in [9.17, 15) is 0 Å². The average Bonchev–Trinajstić information content (AvgIpc) is 2.45. The summed E-state index contributed by atoms with van der Waals surface area (Å²) in [7, 11) is 0. The smallest absolute Gasteiger partial charge is 0.00979 e. The second-order valence-electron chi connectivity index (χ2n) is 7.62. The van der Waals surface area contributed by atoms with Crippen LogP contribution in [0.25, 0.3) is 0 Å². The molecule has 2 nitrogen and oxygen atoms in total. The van der Waals surface area contributed by atoms with Crippen molar-refractivity contribution < 1.29 is 0 Å². The molecule has 2 aliphatic rings. The topological polar surface area (TPSA) is 15.3 Å². The van der Waals surface area contributed by atoms with Crippen LogP contribution in [0, 0.1) is 17.8 Å². The summed E-state index contributed by atoms with van der Waals surface area (Å²) < 4.78 is 0. The minimum Gasteiger partial charge on any atom is -0.316 e. The Labute approximate surface area is 126 Å². The highest BCUT2D eigenvalue weighted by atomic mass is 15.2. The van der Waals surface area contributed by atoms with Crippen LogP contribution in [0.15, 0.2) is 0 Å². The molecule has 1 heterocycles. The number of nitrogens with one attached hydrogen (secondary N) is 1. The van der Waals surface area contributed by atoms with Crippen LogP contribution in [-0.4, -0.2) is 37.1 Å². The third-order valence-electron chi connectivity index (χ3n) is 5.37. The van der Waals surface area contributed by atoms with Crippen molar-refractivity contribution in [2.45, 2.75) is 71.8 Å². The monoisotopic (exact) mass is 280 g/mol. The lowest BCUT2D eigenvalue weighted by Gasteiger charge is -2.40. The van der Waals surface area contributed by atoms with E-state index in [0.717, 1.165) is 23.8 Å². The van der Waals surface area contributed by atoms with Crippen molar-refractivity contribution in [1.82, 2.24) is 10.2 Å². The summed E-state index contributed by atoms with van der Waals surface area (Å²) in [6.07, 6.45) is 10.1. The maximum Gasteiger partial charge on any atom is 0.00979 e. The summed E-state index contributed by atoms with van der Waals surface area (Å²) in [5, 5.41) is 3.58. The molecule has 3 atom stereocenters. The highest BCUT2D eigenvalue weighted by molar-refractivity contribution is 4.83. The van der Waals surface area contributed by atoms with E-state index >= 15 is 0 Å². The van der Waals surface area contributed by atoms with Gasteiger partial charge in [0.1, 0.15) is 0 Å². The maximum absolute atomic E-state index is 3.58. The molecule has 20 heavy (non-hydrogen) atoms. The molecule has 0 amide bonds. The van der Waals surface area contributed by atoms with Gasteiger partial charge in [0, 0.05) is 12.6 Å². The molecule has 0 aromatic carbocycles. The zero-order chi connectivity index (χ0) is 14.4. The first-order valence-electron chi connectivity index (χ1n) is 9.13. The lowest BCUT2D eigenvalue weighted by molar-refractivity contribution is 0.104. The van der Waals surface area contributed by atoms with Gasteiger partial charge in [0.2, 0.25) is 0 Å². The van der Waals surface area contributed by atoms with Crippen LogP contribution < -0.4 is 5.32 Å². The van der Waals surface area contributed by atoms with Crippen molar-refractivity contribution in [1.29, 1.82) is 0 Å². The summed E-state index contributed by atoms with van der Waals surface area (Å²) in [6.45, 7) is 12.2. The van der Waals surface area contributed by atoms with Crippen molar-refractivity contribution in [2.24, 2.45) is 17.8 Å². The molecular weight excluding hydrogens is 244 g/mol. The second kappa shape index (κ2) is 8.38. The quantitative estimate of drug-likeness (QED) is 0.793. The SMILES string of the molecule is CCN(CC1CCCNC1)C1CCCC(CC(C)C)C1. The van der Waals surface area contributed by atoms with E-state index in [-0.39, 0.29) is 0 Å². The minimum absolute atomic E-state index is 0.872. The zero-order valence-corrected chi connectivity index (χ0v) is 14.0. The molecule has 2 heteroatoms. The number of rotatable bonds is 6. The van der Waals surface area contributed by atoms with Crippen molar-refractivity contribution in [3.05, 3.63) is 0 Å². The third kappa shape index (κ3) is 5.04. The Morgan fingerprint density at radius 2 is 1.90 bits per heavy atom. The van der Waals surface area contributed by atoms with Crippen molar-refractivity contribution in [3.8, 4) is 0 Å². The van der Waals surface area contributed by atoms with Gasteiger partial charge in [-0.15, -0.1) is 0 Å². The normalized spacial score (nSPS) is 31.9. The van der Waals surface area contributed by atoms with Crippen LogP contribution in [0.4, 0.5) is 0 Å². The summed E-state index contributed by atoms with van der Waals surface area (Å²) in [5.41, 5.74) is 0. The number of nitrogens with zero attached hydrogens (tertiary/aromatic N) is 1. The van der Waals surface area contributed by atoms with Gasteiger partial charge in [-0.3, -0.25) is 0 Å². The average molecular weight is 280 g/mol. The van der Waals surface area contributed by atoms with Crippen LogP contribution >= 0.6 is 0 Å². The molecule has 1 aliphatic carbocycles. The summed E-state index contributed by atoms with van der Waals surface area (Å²) in [6, 6.07) is 0.874. The highest BCUT2D eigenvalue weighted by Gasteiger charge is 2.28. The number of hydrogen-bond donors (Lipinski definition) is 1. The fourth-order valence-corrected chi connectivity index (χ4v) is 4.42. The Bertz CT molecular complexity index is 258. The van der Waals surface area contributed by atoms with Gasteiger partial charge in [0.25, 0.3) is 0 Å². The fourth-order valence-electron chi connectivity index (χ4n) is 4.42. The molecule has 2 fully saturated rings. The van der Waals surface area contributed by atoms with Crippen LogP contribution in [0.2, 0.25) is 0 Å². The van der Waals surface area contributed by atoms with Gasteiger partial charge in [-0.05, 0) is 69.5 Å². The van der Waals surface area contributed by atoms with E-state index in [0.29, 0.717) is 0 Å². The Balaban J connectivity index is 1.82. The third-order valence-corrected chi connectivity index (χ3v) is 5.37. The van der Waals surface area contributed by atoms with Gasteiger partial charge >= 0.3 is 0 Å². The van der Waals surface area contributed by atoms with Gasteiger partial charge in [-0.1, -0.05) is 33.6 Å². The molecule has 1 aliphatic heterocycles. The van der Waals surface area contributed by atoms with E-state index in [4.69, 9.17) is 0 Å². The molecule has 0 aromatic rings. The summed E-state index contributed by atoms with van der Waals surface area (Å²) in [4.78, 5) is 2.81. The van der Waals surface area contributed by atoms with E-state index in [1.807, 2.05) is 0 Å². The molecule has 0 spiro atoms. The highest BCUT2D eigenvalue weighted by Crippen LogP contribution is 2.32. The molecule has 1 N–H and O–H groups in total. The zero-order valence-electron chi connectivity index (χ0n) is 14.0. The Kier molecular flexibility index (Phi) is 6.83. The van der Waals surface area contributed by atoms with Crippen molar-refractivity contribution in [3.63, 3.8) is 0 Å². The number of hydrogen-bond acceptors (Lipinski definition) is 2. The molecule has 0 bridgehead atoms. The lowest BCUT2D eigenvalue weighted by atomic mass is 9.80. The second-order valence-corrected chi connectivity index (χ2v) is 7.62. The Hall–Kier alpha value is -0.0800. The largest absolute Gasteiger partial charge is 0.316 e. The van der Waals surface area contributed by atoms with Crippen molar-refractivity contribution >= 4 is 0 Å². The van der Waals surface area contributed by atoms with E-state index in [1.165, 1.54) is 71.1 Å². The van der Waals surface area contributed by atoms with Gasteiger partial charge in [0.05, 0.1) is 0 Å². The molecule has 0 radical (unpaired) electrons. The van der Waals surface area contributed by atoms with Crippen LogP contribution in [0.5, 0.6) is 0 Å². The molecule has 1 saturated heterocycles. The predicted octanol–water partition coefficient (Wildman–Crippen LogP) is 3.91. The molecule has 0 aromatic heterocycles. The summed E-state index contributed by atoms with van der Waals surface area (Å²) >= 11 is 0. The standard InChI is InChI=1S/C18H36N2/c1-4-20(14-17-8-6-10-19-13-17)18-9-5-7-16(12-18)11-15(2)3/h15-19H,4-14H2,1-3H3. The van der Waals surface area contributed by atoms with E-state index in [1.54, 1.807) is 0 Å². The van der Waals surface area contributed by atoms with E-state index < -0.39 is 0 Å². The molecule has 118 valence electrons. The van der Waals surface area contributed by atoms with Crippen LogP contribution in [-0.2, 0) is 0 Å². The van der Waals surface area contributed by atoms with Gasteiger partial charge in [0.15, 0.2) is 0 Å². The van der Waals surface area contributed by atoms with Gasteiger partial charge < -0.3 is 10.2 Å². The first-order chi connectivity index (χ1) is 9.69. The molecule has 2 rings (SSSR count). The first-order valence-corrected chi connectivity index (χ1v) is 9.13. The predicted molar refractivity (Wildman–Crippen MR) is 88.0 cm³/mol. The Morgan fingerprint density at radius 3 is 2.55 bits per heavy atom. The van der Waals surface area contributed by atoms with Gasteiger partial charge in [-0.25, -0.2) is 0 Å². The van der Waals surface area contributed by atoms with Gasteiger partial charge in [-0.2, -0.15) is 0 Å². The first kappa shape index (κ1) is 16.3. The molecule has 1 saturated carbocycles. The molecular formula is C18H36N2.